The third-order valence-corrected chi connectivity index (χ3v) is 56.0. The van der Waals surface area contributed by atoms with Gasteiger partial charge in [-0.2, -0.15) is 0 Å². The van der Waals surface area contributed by atoms with E-state index in [-0.39, 0.29) is 57.8 Å². The van der Waals surface area contributed by atoms with E-state index in [2.05, 4.69) is 31.8 Å². The van der Waals surface area contributed by atoms with Crippen molar-refractivity contribution in [3.63, 3.8) is 0 Å². The summed E-state index contributed by atoms with van der Waals surface area (Å²) in [6.45, 7) is 0. The molecule has 0 unspecified atom stereocenters. The molecule has 0 N–H and O–H groups in total. The van der Waals surface area contributed by atoms with E-state index in [1.54, 1.807) is 0 Å². The summed E-state index contributed by atoms with van der Waals surface area (Å²) in [6.07, 6.45) is 2.25. The minimum absolute atomic E-state index is 0.222. The number of hydrogen-bond donors (Lipinski definition) is 0. The van der Waals surface area contributed by atoms with Crippen molar-refractivity contribution in [3.8, 4) is 0 Å². The van der Waals surface area contributed by atoms with Crippen molar-refractivity contribution in [1.82, 2.24) is 0 Å². The van der Waals surface area contributed by atoms with Crippen LogP contribution in [0.1, 0.15) is 0 Å². The van der Waals surface area contributed by atoms with Crippen LogP contribution in [-0.4, -0.2) is 64.1 Å². The van der Waals surface area contributed by atoms with Crippen molar-refractivity contribution in [2.24, 2.45) is 0 Å². The molecule has 0 amide bonds. The second kappa shape index (κ2) is 10.5. The van der Waals surface area contributed by atoms with Gasteiger partial charge in [0.25, 0.3) is 0 Å². The van der Waals surface area contributed by atoms with E-state index in [1.807, 2.05) is 0 Å². The Labute approximate surface area is 87.5 Å². The normalized spacial score (nSPS) is 9.75. The Kier molecular flexibility index (Phi) is 15.1. The Balaban J connectivity index is 2.53. The summed E-state index contributed by atoms with van der Waals surface area (Å²) in [5, 5.41) is 0. The van der Waals surface area contributed by atoms with Crippen LogP contribution in [0, 0.1) is 0 Å². The first-order chi connectivity index (χ1) is 3.91. The van der Waals surface area contributed by atoms with Gasteiger partial charge in [0.1, 0.15) is 0 Å². The molecule has 0 heterocycles. The fourth-order valence-corrected chi connectivity index (χ4v) is 84.0. The van der Waals surface area contributed by atoms with E-state index in [0.717, 1.165) is 0 Å². The molecule has 0 aliphatic rings. The van der Waals surface area contributed by atoms with Gasteiger partial charge in [0.2, 0.25) is 0 Å². The van der Waals surface area contributed by atoms with Gasteiger partial charge < -0.3 is 0 Å². The minimum atomic E-state index is 0.222. The molecule has 3 radical (unpaired) electrons. The molecule has 0 aromatic heterocycles. The third-order valence-electron chi connectivity index (χ3n) is 0.256. The van der Waals surface area contributed by atoms with Crippen LogP contribution in [-0.2, 0) is 0 Å². The Morgan fingerprint density at radius 3 is 2.38 bits per heavy atom. The maximum absolute atomic E-state index is 2.40. The van der Waals surface area contributed by atoms with Crippen molar-refractivity contribution >= 4 is 78.6 Å². The van der Waals surface area contributed by atoms with Crippen LogP contribution in [0.3, 0.4) is 0 Å². The Bertz CT molecular complexity index is 37.5. The first-order valence-corrected chi connectivity index (χ1v) is 22.6. The van der Waals surface area contributed by atoms with E-state index in [0.29, 0.717) is 0 Å². The molecule has 0 nitrogen and oxygen atoms in total. The van der Waals surface area contributed by atoms with Gasteiger partial charge in [0.15, 0.2) is 0 Å². The first-order valence-electron chi connectivity index (χ1n) is 1.77. The van der Waals surface area contributed by atoms with Crippen molar-refractivity contribution in [2.45, 2.75) is 4.87 Å². The van der Waals surface area contributed by atoms with Gasteiger partial charge in [0.05, 0.1) is 0 Å². The fourth-order valence-electron chi connectivity index (χ4n) is 0.0952. The van der Waals surface area contributed by atoms with Crippen LogP contribution >= 0.6 is 20.7 Å². The topological polar surface area (TPSA) is 0 Å². The van der Waals surface area contributed by atoms with Crippen LogP contribution in [0.25, 0.3) is 0 Å². The summed E-state index contributed by atoms with van der Waals surface area (Å²) in [5.41, 5.74) is 0. The van der Waals surface area contributed by atoms with Crippen LogP contribution in [0.4, 0.5) is 0 Å². The Hall–Kier alpha value is 3.50. The molecule has 0 aromatic rings. The summed E-state index contributed by atoms with van der Waals surface area (Å²) >= 11 is 0.769. The zero-order valence-electron chi connectivity index (χ0n) is 4.57. The van der Waals surface area contributed by atoms with Gasteiger partial charge in [-0.15, -0.1) is 0 Å². The quantitative estimate of drug-likeness (QED) is 0.423. The van der Waals surface area contributed by atoms with Crippen molar-refractivity contribution in [2.75, 3.05) is 6.26 Å². The number of hydrogen-bond acceptors (Lipinski definition) is 3. The van der Waals surface area contributed by atoms with Gasteiger partial charge in [-0.05, 0) is 0 Å². The standard InChI is InChI=1S/CH4S.CH3.2S.3Sb/c1-2;;;;;;/h2H,1H3;1H3;;;;;/q;;;;;;+1/p-1. The molecule has 0 rings (SSSR count). The first kappa shape index (κ1) is 11.5. The van der Waals surface area contributed by atoms with Crippen LogP contribution in [0.5, 0.6) is 0 Å². The molecule has 0 saturated heterocycles. The fraction of sp³-hybridized carbons (Fsp3) is 1.00. The van der Waals surface area contributed by atoms with E-state index in [9.17, 15) is 0 Å². The summed E-state index contributed by atoms with van der Waals surface area (Å²) < 4.78 is 0. The SMILES string of the molecule is C[S][Sb][S][Sb][S][Sb][CH3]. The monoisotopic (exact) mass is 489 g/mol. The van der Waals surface area contributed by atoms with Gasteiger partial charge in [-0.3, -0.25) is 0 Å². The zero-order chi connectivity index (χ0) is 6.24. The molecule has 0 aromatic carbocycles. The molecule has 0 bridgehead atoms. The third kappa shape index (κ3) is 9.50. The predicted octanol–water partition coefficient (Wildman–Crippen LogP) is 1.55. The Morgan fingerprint density at radius 1 is 1.12 bits per heavy atom. The van der Waals surface area contributed by atoms with Crippen LogP contribution in [0.15, 0.2) is 0 Å². The molecule has 0 spiro atoms. The van der Waals surface area contributed by atoms with E-state index < -0.39 is 0 Å². The van der Waals surface area contributed by atoms with Gasteiger partial charge in [-0.1, -0.05) is 0 Å². The second-order valence-electron chi connectivity index (χ2n) is 0.678. The van der Waals surface area contributed by atoms with Crippen LogP contribution < -0.4 is 0 Å². The molecule has 47 valence electrons. The summed E-state index contributed by atoms with van der Waals surface area (Å²) in [6, 6.07) is 0. The molecule has 6 heteroatoms. The summed E-state index contributed by atoms with van der Waals surface area (Å²) in [5.74, 6) is 4.68. The van der Waals surface area contributed by atoms with Gasteiger partial charge >= 0.3 is 89.7 Å². The zero-order valence-corrected chi connectivity index (χ0v) is 14.7. The molecule has 0 aliphatic heterocycles. The van der Waals surface area contributed by atoms with Gasteiger partial charge in [-0.25, -0.2) is 0 Å². The molecule has 0 fully saturated rings. The summed E-state index contributed by atoms with van der Waals surface area (Å²) in [4.78, 5) is 2.40. The number of rotatable bonds is 5. The molecular weight excluding hydrogens is 486 g/mol. The van der Waals surface area contributed by atoms with E-state index >= 15 is 0 Å². The average Bonchev–Trinajstić information content (AvgIpc) is 1.81. The molecule has 0 saturated carbocycles. The molecular formula is C2H6S3Sb3. The van der Waals surface area contributed by atoms with Crippen molar-refractivity contribution in [1.29, 1.82) is 0 Å². The predicted molar refractivity (Wildman–Crippen MR) is 51.8 cm³/mol. The maximum atomic E-state index is 2.40. The van der Waals surface area contributed by atoms with Crippen molar-refractivity contribution in [3.05, 3.63) is 0 Å². The van der Waals surface area contributed by atoms with Crippen molar-refractivity contribution < 1.29 is 0 Å². The van der Waals surface area contributed by atoms with Gasteiger partial charge in [0, 0.05) is 0 Å². The van der Waals surface area contributed by atoms with E-state index in [1.165, 1.54) is 0 Å². The second-order valence-corrected chi connectivity index (χ2v) is 38.4. The summed E-state index contributed by atoms with van der Waals surface area (Å²) in [7, 11) is 2.11. The van der Waals surface area contributed by atoms with Crippen LogP contribution in [0.2, 0.25) is 4.87 Å². The Morgan fingerprint density at radius 2 is 1.88 bits per heavy atom. The molecule has 0 aliphatic carbocycles. The average molecular weight is 492 g/mol. The van der Waals surface area contributed by atoms with E-state index in [4.69, 9.17) is 0 Å². The molecule has 8 heavy (non-hydrogen) atoms. The molecule has 0 atom stereocenters.